The monoisotopic (exact) mass is 393 g/mol. The predicted molar refractivity (Wildman–Crippen MR) is 94.6 cm³/mol. The summed E-state index contributed by atoms with van der Waals surface area (Å²) < 4.78 is 52.0. The van der Waals surface area contributed by atoms with Gasteiger partial charge >= 0.3 is 6.01 Å². The molecule has 2 aliphatic rings. The smallest absolute Gasteiger partial charge is 0.316 e. The molecule has 1 aromatic carbocycles. The summed E-state index contributed by atoms with van der Waals surface area (Å²) in [5, 5.41) is 0. The Morgan fingerprint density at radius 2 is 1.89 bits per heavy atom. The number of nitrogens with one attached hydrogen (secondary N) is 1. The molecule has 0 unspecified atom stereocenters. The third-order valence-corrected chi connectivity index (χ3v) is 6.35. The molecule has 0 amide bonds. The van der Waals surface area contributed by atoms with Gasteiger partial charge in [-0.25, -0.2) is 27.5 Å². The number of rotatable bonds is 5. The first-order valence-electron chi connectivity index (χ1n) is 8.92. The van der Waals surface area contributed by atoms with Crippen LogP contribution in [-0.4, -0.2) is 37.1 Å². The Hall–Kier alpha value is -2.26. The Bertz CT molecular complexity index is 913. The van der Waals surface area contributed by atoms with E-state index in [4.69, 9.17) is 9.47 Å². The van der Waals surface area contributed by atoms with Gasteiger partial charge in [-0.1, -0.05) is 0 Å². The van der Waals surface area contributed by atoms with Gasteiger partial charge in [-0.2, -0.15) is 0 Å². The molecule has 1 saturated carbocycles. The van der Waals surface area contributed by atoms with Gasteiger partial charge < -0.3 is 9.47 Å². The van der Waals surface area contributed by atoms with E-state index in [-0.39, 0.29) is 23.1 Å². The lowest BCUT2D eigenvalue weighted by atomic mass is 9.94. The van der Waals surface area contributed by atoms with E-state index >= 15 is 0 Å². The van der Waals surface area contributed by atoms with Crippen LogP contribution in [0.5, 0.6) is 11.8 Å². The van der Waals surface area contributed by atoms with E-state index in [9.17, 15) is 12.8 Å². The number of nitrogens with zero attached hydrogens (tertiary/aromatic N) is 2. The maximum atomic E-state index is 12.8. The van der Waals surface area contributed by atoms with Gasteiger partial charge in [0.25, 0.3) is 0 Å². The fraction of sp³-hybridized carbons (Fsp3) is 0.444. The number of ether oxygens (including phenoxy) is 2. The zero-order chi connectivity index (χ0) is 18.9. The first-order chi connectivity index (χ1) is 13.0. The molecule has 1 aliphatic carbocycles. The fourth-order valence-corrected chi connectivity index (χ4v) is 4.78. The molecule has 0 atom stereocenters. The quantitative estimate of drug-likeness (QED) is 0.838. The van der Waals surface area contributed by atoms with Crippen LogP contribution >= 0.6 is 0 Å². The number of hydrogen-bond acceptors (Lipinski definition) is 6. The highest BCUT2D eigenvalue weighted by Crippen LogP contribution is 2.28. The van der Waals surface area contributed by atoms with Crippen molar-refractivity contribution in [2.24, 2.45) is 0 Å². The van der Waals surface area contributed by atoms with E-state index in [0.717, 1.165) is 30.1 Å². The van der Waals surface area contributed by atoms with Crippen molar-refractivity contribution >= 4 is 10.0 Å². The first kappa shape index (κ1) is 18.1. The summed E-state index contributed by atoms with van der Waals surface area (Å²) in [4.78, 5) is 7.85. The van der Waals surface area contributed by atoms with Crippen LogP contribution in [0.1, 0.15) is 31.2 Å². The summed E-state index contributed by atoms with van der Waals surface area (Å²) >= 11 is 0. The minimum Gasteiger partial charge on any atom is -0.493 e. The van der Waals surface area contributed by atoms with Gasteiger partial charge in [-0.15, -0.1) is 0 Å². The van der Waals surface area contributed by atoms with Gasteiger partial charge in [-0.3, -0.25) is 0 Å². The molecular formula is C18H20FN3O4S. The van der Waals surface area contributed by atoms with E-state index in [1.165, 1.54) is 0 Å². The van der Waals surface area contributed by atoms with E-state index in [2.05, 4.69) is 14.7 Å². The van der Waals surface area contributed by atoms with Gasteiger partial charge in [0.2, 0.25) is 10.0 Å². The highest BCUT2D eigenvalue weighted by atomic mass is 32.2. The number of halogens is 1. The Labute approximate surface area is 157 Å². The van der Waals surface area contributed by atoms with Gasteiger partial charge in [0, 0.05) is 12.5 Å². The van der Waals surface area contributed by atoms with Gasteiger partial charge in [0.15, 0.2) is 5.82 Å². The number of fused-ring (bicyclic) bond motifs is 1. The van der Waals surface area contributed by atoms with Crippen LogP contribution in [0.2, 0.25) is 0 Å². The van der Waals surface area contributed by atoms with Crippen molar-refractivity contribution in [3.8, 4) is 11.8 Å². The molecule has 0 saturated heterocycles. The lowest BCUT2D eigenvalue weighted by Crippen LogP contribution is -2.39. The Balaban J connectivity index is 1.33. The lowest BCUT2D eigenvalue weighted by Gasteiger charge is -2.28. The summed E-state index contributed by atoms with van der Waals surface area (Å²) in [6.07, 6.45) is 5.39. The van der Waals surface area contributed by atoms with Crippen molar-refractivity contribution in [3.05, 3.63) is 42.0 Å². The number of hydrogen-bond donors (Lipinski definition) is 1. The molecule has 1 aliphatic heterocycles. The average Bonchev–Trinajstić information content (AvgIpc) is 3.13. The van der Waals surface area contributed by atoms with E-state index in [1.807, 2.05) is 0 Å². The van der Waals surface area contributed by atoms with Crippen molar-refractivity contribution in [1.29, 1.82) is 0 Å². The number of sulfonamides is 1. The molecule has 0 radical (unpaired) electrons. The molecule has 1 N–H and O–H groups in total. The van der Waals surface area contributed by atoms with Gasteiger partial charge in [-0.05, 0) is 49.4 Å². The second kappa shape index (κ2) is 7.40. The van der Waals surface area contributed by atoms with Gasteiger partial charge in [0.1, 0.15) is 11.9 Å². The summed E-state index contributed by atoms with van der Waals surface area (Å²) in [5.41, 5.74) is 0.925. The molecular weight excluding hydrogens is 373 g/mol. The normalized spacial score (nSPS) is 22.1. The zero-order valence-electron chi connectivity index (χ0n) is 14.6. The van der Waals surface area contributed by atoms with E-state index in [0.29, 0.717) is 32.3 Å². The zero-order valence-corrected chi connectivity index (χ0v) is 15.4. The largest absolute Gasteiger partial charge is 0.493 e. The summed E-state index contributed by atoms with van der Waals surface area (Å²) in [5.74, 6) is 0.244. The van der Waals surface area contributed by atoms with E-state index < -0.39 is 15.8 Å². The van der Waals surface area contributed by atoms with Crippen molar-refractivity contribution in [2.75, 3.05) is 6.61 Å². The summed E-state index contributed by atoms with van der Waals surface area (Å²) in [6, 6.07) is 4.97. The highest BCUT2D eigenvalue weighted by Gasteiger charge is 2.28. The highest BCUT2D eigenvalue weighted by molar-refractivity contribution is 7.89. The predicted octanol–water partition coefficient (Wildman–Crippen LogP) is 2.22. The Morgan fingerprint density at radius 3 is 2.63 bits per heavy atom. The van der Waals surface area contributed by atoms with Crippen LogP contribution in [0, 0.1) is 5.82 Å². The van der Waals surface area contributed by atoms with Crippen molar-refractivity contribution in [3.63, 3.8) is 0 Å². The van der Waals surface area contributed by atoms with Crippen molar-refractivity contribution < 1.29 is 22.3 Å². The van der Waals surface area contributed by atoms with Gasteiger partial charge in [0.05, 0.1) is 23.9 Å². The molecule has 7 nitrogen and oxygen atoms in total. The second-order valence-electron chi connectivity index (χ2n) is 6.76. The number of benzene rings is 1. The molecule has 0 bridgehead atoms. The fourth-order valence-electron chi connectivity index (χ4n) is 3.43. The molecule has 2 heterocycles. The molecule has 0 spiro atoms. The molecule has 9 heteroatoms. The van der Waals surface area contributed by atoms with Crippen LogP contribution < -0.4 is 14.2 Å². The van der Waals surface area contributed by atoms with Crippen LogP contribution in [0.25, 0.3) is 0 Å². The Morgan fingerprint density at radius 1 is 1.15 bits per heavy atom. The average molecular weight is 393 g/mol. The standard InChI is InChI=1S/C18H20FN3O4S/c19-13-10-20-18(21-11-13)26-15-3-1-14(2-4-15)22-27(23,24)16-5-6-17-12(9-16)7-8-25-17/h5-6,9-11,14-15,22H,1-4,7-8H2. The third kappa shape index (κ3) is 4.19. The molecule has 1 aromatic heterocycles. The van der Waals surface area contributed by atoms with E-state index in [1.54, 1.807) is 18.2 Å². The maximum absolute atomic E-state index is 12.8. The minimum absolute atomic E-state index is 0.103. The Kier molecular flexibility index (Phi) is 4.96. The summed E-state index contributed by atoms with van der Waals surface area (Å²) in [6.45, 7) is 0.591. The SMILES string of the molecule is O=S(=O)(NC1CCC(Oc2ncc(F)cn2)CC1)c1ccc2c(c1)CCO2. The third-order valence-electron chi connectivity index (χ3n) is 4.84. The van der Waals surface area contributed by atoms with Crippen molar-refractivity contribution in [1.82, 2.24) is 14.7 Å². The molecule has 4 rings (SSSR count). The topological polar surface area (TPSA) is 90.4 Å². The molecule has 1 fully saturated rings. The maximum Gasteiger partial charge on any atom is 0.316 e. The minimum atomic E-state index is -3.58. The molecule has 2 aromatic rings. The van der Waals surface area contributed by atoms with Crippen LogP contribution in [0.3, 0.4) is 0 Å². The lowest BCUT2D eigenvalue weighted by molar-refractivity contribution is 0.132. The first-order valence-corrected chi connectivity index (χ1v) is 10.4. The molecule has 27 heavy (non-hydrogen) atoms. The second-order valence-corrected chi connectivity index (χ2v) is 8.48. The van der Waals surface area contributed by atoms with Crippen LogP contribution in [0.4, 0.5) is 4.39 Å². The summed E-state index contributed by atoms with van der Waals surface area (Å²) in [7, 11) is -3.58. The van der Waals surface area contributed by atoms with Crippen LogP contribution in [-0.2, 0) is 16.4 Å². The van der Waals surface area contributed by atoms with Crippen molar-refractivity contribution in [2.45, 2.75) is 49.1 Å². The number of aromatic nitrogens is 2. The molecule has 144 valence electrons. The van der Waals surface area contributed by atoms with Crippen LogP contribution in [0.15, 0.2) is 35.5 Å².